The second kappa shape index (κ2) is 5.41. The van der Waals surface area contributed by atoms with Crippen molar-refractivity contribution in [2.75, 3.05) is 13.7 Å². The third-order valence-corrected chi connectivity index (χ3v) is 5.13. The van der Waals surface area contributed by atoms with Gasteiger partial charge < -0.3 is 9.84 Å². The fraction of sp³-hybridized carbons (Fsp3) is 0.462. The fourth-order valence-electron chi connectivity index (χ4n) is 1.92. The summed E-state index contributed by atoms with van der Waals surface area (Å²) in [6.45, 7) is 2.05. The normalized spacial score (nSPS) is 15.3. The number of rotatable bonds is 6. The largest absolute Gasteiger partial charge is 0.493 e. The molecule has 0 unspecified atom stereocenters. The summed E-state index contributed by atoms with van der Waals surface area (Å²) in [5.74, 6) is -1.03. The average Bonchev–Trinajstić information content (AvgIpc) is 3.22. The van der Waals surface area contributed by atoms with Crippen molar-refractivity contribution in [1.82, 2.24) is 4.31 Å². The fourth-order valence-corrected chi connectivity index (χ4v) is 3.36. The van der Waals surface area contributed by atoms with Crippen LogP contribution < -0.4 is 4.74 Å². The minimum atomic E-state index is -3.65. The van der Waals surface area contributed by atoms with Gasteiger partial charge in [0.05, 0.1) is 11.5 Å². The van der Waals surface area contributed by atoms with Gasteiger partial charge in [-0.1, -0.05) is 0 Å². The molecule has 0 atom stereocenters. The highest BCUT2D eigenvalue weighted by molar-refractivity contribution is 7.89. The van der Waals surface area contributed by atoms with Gasteiger partial charge in [0, 0.05) is 13.1 Å². The molecule has 1 saturated carbocycles. The second-order valence-electron chi connectivity index (χ2n) is 4.65. The molecular formula is C13H17NO5S. The van der Waals surface area contributed by atoms with Gasteiger partial charge in [0.1, 0.15) is 11.3 Å². The van der Waals surface area contributed by atoms with Gasteiger partial charge in [0.2, 0.25) is 10.0 Å². The number of carboxylic acids is 1. The molecule has 1 aromatic rings. The van der Waals surface area contributed by atoms with Crippen molar-refractivity contribution in [2.45, 2.75) is 30.7 Å². The molecule has 0 amide bonds. The average molecular weight is 299 g/mol. The minimum absolute atomic E-state index is 0.0206. The molecule has 0 spiro atoms. The minimum Gasteiger partial charge on any atom is -0.493 e. The Balaban J connectivity index is 2.42. The van der Waals surface area contributed by atoms with Gasteiger partial charge in [0.25, 0.3) is 0 Å². The van der Waals surface area contributed by atoms with Crippen molar-refractivity contribution >= 4 is 16.0 Å². The summed E-state index contributed by atoms with van der Waals surface area (Å²) in [5.41, 5.74) is -0.142. The Morgan fingerprint density at radius 3 is 2.60 bits per heavy atom. The van der Waals surface area contributed by atoms with E-state index >= 15 is 0 Å². The number of nitrogens with zero attached hydrogens (tertiary/aromatic N) is 1. The molecule has 0 saturated heterocycles. The van der Waals surface area contributed by atoms with Crippen LogP contribution in [0, 0.1) is 0 Å². The maximum atomic E-state index is 12.3. The van der Waals surface area contributed by atoms with Crippen LogP contribution in [0.5, 0.6) is 5.75 Å². The lowest BCUT2D eigenvalue weighted by atomic mass is 10.2. The van der Waals surface area contributed by atoms with Crippen LogP contribution in [0.4, 0.5) is 0 Å². The topological polar surface area (TPSA) is 83.9 Å². The maximum Gasteiger partial charge on any atom is 0.339 e. The Morgan fingerprint density at radius 1 is 1.45 bits per heavy atom. The molecule has 0 aliphatic heterocycles. The van der Waals surface area contributed by atoms with Crippen LogP contribution in [-0.4, -0.2) is 43.5 Å². The van der Waals surface area contributed by atoms with Crippen molar-refractivity contribution in [3.63, 3.8) is 0 Å². The maximum absolute atomic E-state index is 12.3. The molecule has 0 bridgehead atoms. The number of sulfonamides is 1. The molecule has 6 nitrogen and oxygen atoms in total. The number of benzene rings is 1. The highest BCUT2D eigenvalue weighted by Crippen LogP contribution is 2.31. The van der Waals surface area contributed by atoms with Crippen LogP contribution >= 0.6 is 0 Å². The third-order valence-electron chi connectivity index (χ3n) is 3.22. The molecule has 0 radical (unpaired) electrons. The number of aromatic carboxylic acids is 1. The summed E-state index contributed by atoms with van der Waals surface area (Å²) < 4.78 is 31.2. The molecule has 1 N–H and O–H groups in total. The lowest BCUT2D eigenvalue weighted by molar-refractivity contribution is 0.0692. The van der Waals surface area contributed by atoms with Gasteiger partial charge in [0.15, 0.2) is 0 Å². The van der Waals surface area contributed by atoms with Gasteiger partial charge in [-0.3, -0.25) is 0 Å². The number of hydrogen-bond donors (Lipinski definition) is 1. The van der Waals surface area contributed by atoms with Gasteiger partial charge >= 0.3 is 5.97 Å². The number of hydrogen-bond acceptors (Lipinski definition) is 4. The van der Waals surface area contributed by atoms with Crippen LogP contribution in [0.2, 0.25) is 0 Å². The Bertz CT molecular complexity index is 622. The molecule has 110 valence electrons. The zero-order valence-corrected chi connectivity index (χ0v) is 12.2. The Hall–Kier alpha value is -1.60. The first-order valence-corrected chi connectivity index (χ1v) is 7.80. The highest BCUT2D eigenvalue weighted by atomic mass is 32.2. The first-order chi connectivity index (χ1) is 9.37. The van der Waals surface area contributed by atoms with E-state index < -0.39 is 16.0 Å². The van der Waals surface area contributed by atoms with Gasteiger partial charge in [-0.25, -0.2) is 13.2 Å². The smallest absolute Gasteiger partial charge is 0.339 e. The molecule has 1 aliphatic carbocycles. The van der Waals surface area contributed by atoms with Crippen LogP contribution in [0.1, 0.15) is 30.1 Å². The van der Waals surface area contributed by atoms with E-state index in [1.165, 1.54) is 23.5 Å². The summed E-state index contributed by atoms with van der Waals surface area (Å²) >= 11 is 0. The zero-order chi connectivity index (χ0) is 14.9. The monoisotopic (exact) mass is 299 g/mol. The van der Waals surface area contributed by atoms with E-state index in [4.69, 9.17) is 9.84 Å². The van der Waals surface area contributed by atoms with Crippen LogP contribution in [0.25, 0.3) is 0 Å². The molecule has 1 aromatic carbocycles. The predicted octanol–water partition coefficient (Wildman–Crippen LogP) is 1.57. The lowest BCUT2D eigenvalue weighted by Crippen LogP contribution is -2.29. The Labute approximate surface area is 118 Å². The SMILES string of the molecule is CCOc1ccc(S(=O)(=O)N(C)C2CC2)cc1C(=O)O. The third kappa shape index (κ3) is 2.78. The van der Waals surface area contributed by atoms with Crippen LogP contribution in [0.3, 0.4) is 0 Å². The van der Waals surface area contributed by atoms with E-state index in [0.717, 1.165) is 18.9 Å². The van der Waals surface area contributed by atoms with Crippen molar-refractivity contribution in [2.24, 2.45) is 0 Å². The number of carbonyl (C=O) groups is 1. The zero-order valence-electron chi connectivity index (χ0n) is 11.4. The molecule has 1 fully saturated rings. The van der Waals surface area contributed by atoms with E-state index in [0.29, 0.717) is 6.61 Å². The van der Waals surface area contributed by atoms with Crippen molar-refractivity contribution in [3.8, 4) is 5.75 Å². The first kappa shape index (κ1) is 14.8. The molecule has 20 heavy (non-hydrogen) atoms. The number of carboxylic acid groups (broad SMARTS) is 1. The van der Waals surface area contributed by atoms with Crippen molar-refractivity contribution < 1.29 is 23.1 Å². The highest BCUT2D eigenvalue weighted by Gasteiger charge is 2.35. The first-order valence-electron chi connectivity index (χ1n) is 6.36. The van der Waals surface area contributed by atoms with Gasteiger partial charge in [-0.15, -0.1) is 0 Å². The molecule has 2 rings (SSSR count). The van der Waals surface area contributed by atoms with E-state index in [1.807, 2.05) is 0 Å². The van der Waals surface area contributed by atoms with Gasteiger partial charge in [-0.2, -0.15) is 4.31 Å². The number of ether oxygens (including phenoxy) is 1. The lowest BCUT2D eigenvalue weighted by Gasteiger charge is -2.17. The van der Waals surface area contributed by atoms with E-state index in [1.54, 1.807) is 6.92 Å². The molecule has 0 heterocycles. The van der Waals surface area contributed by atoms with Crippen LogP contribution in [-0.2, 0) is 10.0 Å². The summed E-state index contributed by atoms with van der Waals surface area (Å²) in [6.07, 6.45) is 1.69. The second-order valence-corrected chi connectivity index (χ2v) is 6.65. The summed E-state index contributed by atoms with van der Waals surface area (Å²) in [6, 6.07) is 3.95. The Kier molecular flexibility index (Phi) is 4.01. The summed E-state index contributed by atoms with van der Waals surface area (Å²) in [4.78, 5) is 11.2. The molecular weight excluding hydrogens is 282 g/mol. The molecule has 1 aliphatic rings. The van der Waals surface area contributed by atoms with Gasteiger partial charge in [-0.05, 0) is 38.0 Å². The van der Waals surface area contributed by atoms with E-state index in [2.05, 4.69) is 0 Å². The molecule has 0 aromatic heterocycles. The predicted molar refractivity (Wildman–Crippen MR) is 72.5 cm³/mol. The standard InChI is InChI=1S/C13H17NO5S/c1-3-19-12-7-6-10(8-11(12)13(15)16)20(17,18)14(2)9-4-5-9/h6-9H,3-5H2,1-2H3,(H,15,16). The van der Waals surface area contributed by atoms with Crippen molar-refractivity contribution in [3.05, 3.63) is 23.8 Å². The Morgan fingerprint density at radius 2 is 2.10 bits per heavy atom. The quantitative estimate of drug-likeness (QED) is 0.862. The molecule has 7 heteroatoms. The van der Waals surface area contributed by atoms with Crippen LogP contribution in [0.15, 0.2) is 23.1 Å². The van der Waals surface area contributed by atoms with E-state index in [9.17, 15) is 13.2 Å². The van der Waals surface area contributed by atoms with Crippen molar-refractivity contribution in [1.29, 1.82) is 0 Å². The summed E-state index contributed by atoms with van der Waals surface area (Å²) in [7, 11) is -2.13. The van der Waals surface area contributed by atoms with E-state index in [-0.39, 0.29) is 22.3 Å². The summed E-state index contributed by atoms with van der Waals surface area (Å²) in [5, 5.41) is 9.15.